The molecule has 2 heterocycles. The summed E-state index contributed by atoms with van der Waals surface area (Å²) in [5.74, 6) is -0.684. The number of H-pyrrole nitrogens is 1. The number of likely N-dealkylation sites (tertiary alicyclic amines) is 1. The summed E-state index contributed by atoms with van der Waals surface area (Å²) in [6.07, 6.45) is -9.13. The van der Waals surface area contributed by atoms with Crippen LogP contribution in [0.5, 0.6) is 0 Å². The minimum absolute atomic E-state index is 0.0109. The zero-order valence-electron chi connectivity index (χ0n) is 18.1. The van der Waals surface area contributed by atoms with E-state index in [2.05, 4.69) is 4.74 Å². The van der Waals surface area contributed by atoms with Crippen molar-refractivity contribution in [3.05, 3.63) is 31.4 Å². The summed E-state index contributed by atoms with van der Waals surface area (Å²) in [6.45, 7) is -0.686. The number of ether oxygens (including phenoxy) is 2. The van der Waals surface area contributed by atoms with Crippen LogP contribution in [-0.2, 0) is 9.47 Å². The summed E-state index contributed by atoms with van der Waals surface area (Å²) in [5, 5.41) is -0.797. The summed E-state index contributed by atoms with van der Waals surface area (Å²) in [4.78, 5) is 28.5. The smallest absolute Gasteiger partial charge is 0.497 e. The maximum Gasteiger partial charge on any atom is 0.522 e. The monoisotopic (exact) mass is 498 g/mol. The van der Waals surface area contributed by atoms with Crippen molar-refractivity contribution in [3.63, 3.8) is 0 Å². The first-order valence-corrected chi connectivity index (χ1v) is 10.7. The summed E-state index contributed by atoms with van der Waals surface area (Å²) < 4.78 is 91.3. The molecule has 34 heavy (non-hydrogen) atoms. The zero-order valence-corrected chi connectivity index (χ0v) is 18.1. The maximum atomic E-state index is 15.7. The largest absolute Gasteiger partial charge is 0.522 e. The van der Waals surface area contributed by atoms with Crippen LogP contribution >= 0.6 is 0 Å². The number of aromatic amines is 1. The summed E-state index contributed by atoms with van der Waals surface area (Å²) >= 11 is 0. The number of fused-ring (bicyclic) bond motifs is 1. The number of hydrogen-bond acceptors (Lipinski definition) is 6. The molecule has 1 aromatic heterocycles. The minimum atomic E-state index is -4.86. The van der Waals surface area contributed by atoms with Crippen molar-refractivity contribution in [2.45, 2.75) is 56.3 Å². The van der Waals surface area contributed by atoms with E-state index in [0.717, 1.165) is 4.57 Å². The number of methoxy groups -OCH3 is 1. The SMILES string of the molecule is COC1=c2c(c(=O)[nH]c(=O)n2C2CC2)=C(C(F)F)C(F)C1N1CCC(C(N)COC(F)(F)F)C1. The van der Waals surface area contributed by atoms with Crippen LogP contribution in [0.2, 0.25) is 0 Å². The Morgan fingerprint density at radius 3 is 2.44 bits per heavy atom. The molecule has 1 saturated heterocycles. The number of aromatic nitrogens is 2. The quantitative estimate of drug-likeness (QED) is 0.512. The van der Waals surface area contributed by atoms with E-state index >= 15 is 4.39 Å². The predicted molar refractivity (Wildman–Crippen MR) is 107 cm³/mol. The Kier molecular flexibility index (Phi) is 6.59. The second-order valence-electron chi connectivity index (χ2n) is 8.72. The van der Waals surface area contributed by atoms with Gasteiger partial charge in [-0.25, -0.2) is 18.0 Å². The van der Waals surface area contributed by atoms with Gasteiger partial charge in [-0.15, -0.1) is 13.2 Å². The molecular formula is C20H24F6N4O4. The lowest BCUT2D eigenvalue weighted by Gasteiger charge is -2.35. The molecule has 0 spiro atoms. The van der Waals surface area contributed by atoms with Crippen LogP contribution in [0, 0.1) is 5.92 Å². The molecule has 4 rings (SSSR count). The van der Waals surface area contributed by atoms with Crippen molar-refractivity contribution in [1.82, 2.24) is 14.5 Å². The van der Waals surface area contributed by atoms with Crippen LogP contribution in [0.1, 0.15) is 25.3 Å². The van der Waals surface area contributed by atoms with Gasteiger partial charge in [-0.3, -0.25) is 24.0 Å². The number of nitrogens with one attached hydrogen (secondary N) is 1. The second kappa shape index (κ2) is 9.04. The molecule has 2 aliphatic carbocycles. The van der Waals surface area contributed by atoms with Crippen LogP contribution in [0.25, 0.3) is 11.3 Å². The van der Waals surface area contributed by atoms with Crippen LogP contribution < -0.4 is 27.6 Å². The first-order chi connectivity index (χ1) is 15.9. The zero-order chi connectivity index (χ0) is 24.9. The molecule has 1 saturated carbocycles. The van der Waals surface area contributed by atoms with E-state index in [1.54, 1.807) is 0 Å². The second-order valence-corrected chi connectivity index (χ2v) is 8.72. The van der Waals surface area contributed by atoms with Gasteiger partial charge >= 0.3 is 12.1 Å². The molecule has 8 nitrogen and oxygen atoms in total. The summed E-state index contributed by atoms with van der Waals surface area (Å²) in [5.41, 5.74) is 2.85. The van der Waals surface area contributed by atoms with Crippen molar-refractivity contribution < 1.29 is 35.8 Å². The highest BCUT2D eigenvalue weighted by Gasteiger charge is 2.46. The molecule has 0 amide bonds. The van der Waals surface area contributed by atoms with E-state index in [9.17, 15) is 31.5 Å². The van der Waals surface area contributed by atoms with Crippen molar-refractivity contribution >= 4 is 11.3 Å². The third-order valence-electron chi connectivity index (χ3n) is 6.57. The molecule has 0 radical (unpaired) electrons. The molecule has 3 N–H and O–H groups in total. The number of nitrogens with two attached hydrogens (primary N) is 1. The lowest BCUT2D eigenvalue weighted by Crippen LogP contribution is -2.63. The lowest BCUT2D eigenvalue weighted by atomic mass is 9.93. The van der Waals surface area contributed by atoms with Crippen LogP contribution in [0.15, 0.2) is 9.59 Å². The Hall–Kier alpha value is -2.32. The molecule has 14 heteroatoms. The first-order valence-electron chi connectivity index (χ1n) is 10.7. The van der Waals surface area contributed by atoms with Gasteiger partial charge in [0.05, 0.1) is 24.3 Å². The van der Waals surface area contributed by atoms with Crippen LogP contribution in [-0.4, -0.2) is 72.3 Å². The Labute approximate surface area is 188 Å². The summed E-state index contributed by atoms with van der Waals surface area (Å²) in [7, 11) is 1.19. The first kappa shape index (κ1) is 24.8. The molecule has 4 atom stereocenters. The average Bonchev–Trinajstić information content (AvgIpc) is 3.46. The van der Waals surface area contributed by atoms with Gasteiger partial charge in [0, 0.05) is 24.2 Å². The van der Waals surface area contributed by atoms with Gasteiger partial charge in [-0.05, 0) is 31.7 Å². The van der Waals surface area contributed by atoms with E-state index in [1.807, 2.05) is 4.98 Å². The highest BCUT2D eigenvalue weighted by Crippen LogP contribution is 2.35. The average molecular weight is 498 g/mol. The number of halogens is 6. The highest BCUT2D eigenvalue weighted by molar-refractivity contribution is 5.63. The van der Waals surface area contributed by atoms with Gasteiger partial charge in [-0.1, -0.05) is 0 Å². The minimum Gasteiger partial charge on any atom is -0.497 e. The molecule has 190 valence electrons. The number of hydrogen-bond donors (Lipinski definition) is 2. The molecule has 1 aromatic rings. The Morgan fingerprint density at radius 1 is 1.21 bits per heavy atom. The van der Waals surface area contributed by atoms with E-state index in [1.165, 1.54) is 12.0 Å². The number of alkyl halides is 6. The van der Waals surface area contributed by atoms with Gasteiger partial charge in [0.2, 0.25) is 0 Å². The molecule has 2 fully saturated rings. The standard InChI is InChI=1S/C20H24F6N4O4/c1-33-16-14-12(18(31)28-19(32)30(14)9-2-3-9)11(17(22)23)13(21)15(16)29-5-4-8(6-29)10(27)7-34-20(24,25)26/h8-10,13,15,17H,2-7,27H2,1H3,(H,28,31,32). The molecule has 0 bridgehead atoms. The fourth-order valence-corrected chi connectivity index (χ4v) is 4.86. The molecule has 4 unspecified atom stereocenters. The fraction of sp³-hybridized carbons (Fsp3) is 0.700. The van der Waals surface area contributed by atoms with E-state index < -0.39 is 65.6 Å². The molecule has 1 aliphatic heterocycles. The summed E-state index contributed by atoms with van der Waals surface area (Å²) in [6, 6.07) is -2.79. The van der Waals surface area contributed by atoms with Crippen molar-refractivity contribution in [2.75, 3.05) is 26.8 Å². The number of rotatable bonds is 7. The molecule has 0 aromatic carbocycles. The van der Waals surface area contributed by atoms with E-state index in [4.69, 9.17) is 10.5 Å². The molecular weight excluding hydrogens is 474 g/mol. The normalized spacial score (nSPS) is 26.8. The highest BCUT2D eigenvalue weighted by atomic mass is 19.4. The predicted octanol–water partition coefficient (Wildman–Crippen LogP) is -0.0522. The third kappa shape index (κ3) is 4.50. The van der Waals surface area contributed by atoms with Crippen LogP contribution in [0.4, 0.5) is 26.3 Å². The Balaban J connectivity index is 1.78. The molecule has 3 aliphatic rings. The fourth-order valence-electron chi connectivity index (χ4n) is 4.86. The maximum absolute atomic E-state index is 15.7. The Morgan fingerprint density at radius 2 is 1.88 bits per heavy atom. The topological polar surface area (TPSA) is 103 Å². The van der Waals surface area contributed by atoms with Crippen LogP contribution in [0.3, 0.4) is 0 Å². The van der Waals surface area contributed by atoms with Crippen molar-refractivity contribution in [2.24, 2.45) is 11.7 Å². The van der Waals surface area contributed by atoms with Crippen molar-refractivity contribution in [1.29, 1.82) is 0 Å². The van der Waals surface area contributed by atoms with Gasteiger partial charge < -0.3 is 10.5 Å². The lowest BCUT2D eigenvalue weighted by molar-refractivity contribution is -0.326. The van der Waals surface area contributed by atoms with Gasteiger partial charge in [-0.2, -0.15) is 0 Å². The van der Waals surface area contributed by atoms with E-state index in [0.29, 0.717) is 12.8 Å². The van der Waals surface area contributed by atoms with Gasteiger partial charge in [0.25, 0.3) is 12.0 Å². The van der Waals surface area contributed by atoms with Gasteiger partial charge in [0.15, 0.2) is 6.17 Å². The van der Waals surface area contributed by atoms with Gasteiger partial charge in [0.1, 0.15) is 11.8 Å². The Bertz CT molecular complexity index is 1180. The number of nitrogens with zero attached hydrogens (tertiary/aromatic N) is 2. The third-order valence-corrected chi connectivity index (χ3v) is 6.57. The van der Waals surface area contributed by atoms with Crippen molar-refractivity contribution in [3.8, 4) is 0 Å². The van der Waals surface area contributed by atoms with E-state index in [-0.39, 0.29) is 36.7 Å².